The van der Waals surface area contributed by atoms with Crippen LogP contribution in [0.3, 0.4) is 0 Å². The van der Waals surface area contributed by atoms with Gasteiger partial charge in [-0.3, -0.25) is 9.48 Å². The number of aromatic nitrogens is 2. The molecule has 0 spiro atoms. The number of amides is 1. The molecule has 1 fully saturated rings. The van der Waals surface area contributed by atoms with Gasteiger partial charge in [-0.1, -0.05) is 0 Å². The van der Waals surface area contributed by atoms with Crippen LogP contribution in [-0.4, -0.2) is 32.8 Å². The lowest BCUT2D eigenvalue weighted by Crippen LogP contribution is -2.36. The Morgan fingerprint density at radius 1 is 1.45 bits per heavy atom. The van der Waals surface area contributed by atoms with Crippen LogP contribution in [0.1, 0.15) is 41.7 Å². The molecule has 0 aliphatic heterocycles. The van der Waals surface area contributed by atoms with E-state index in [0.717, 1.165) is 25.7 Å². The molecule has 1 amide bonds. The van der Waals surface area contributed by atoms with Crippen LogP contribution in [0.5, 0.6) is 0 Å². The smallest absolute Gasteiger partial charge is 0.339 e. The molecular weight excluding hydrogens is 260 g/mol. The second kappa shape index (κ2) is 6.04. The van der Waals surface area contributed by atoms with Gasteiger partial charge in [0.1, 0.15) is 5.56 Å². The fourth-order valence-electron chi connectivity index (χ4n) is 2.67. The summed E-state index contributed by atoms with van der Waals surface area (Å²) in [6, 6.07) is 0.294. The van der Waals surface area contributed by atoms with E-state index < -0.39 is 5.97 Å². The lowest BCUT2D eigenvalue weighted by molar-refractivity contribution is -0.122. The standard InChI is InChI=1S/C13H20N4O3/c1-17-11(10(6-16-17)13(19)20)7-15-9-4-2-8(3-5-9)12(14)18/h6,8-9,15H,2-5,7H2,1H3,(H2,14,18)(H,19,20). The number of primary amides is 1. The Kier molecular flexibility index (Phi) is 4.39. The first-order chi connectivity index (χ1) is 9.49. The summed E-state index contributed by atoms with van der Waals surface area (Å²) in [7, 11) is 1.73. The van der Waals surface area contributed by atoms with Crippen LogP contribution in [0, 0.1) is 5.92 Å². The van der Waals surface area contributed by atoms with Crippen molar-refractivity contribution in [1.29, 1.82) is 0 Å². The van der Waals surface area contributed by atoms with Gasteiger partial charge in [0.25, 0.3) is 0 Å². The van der Waals surface area contributed by atoms with Gasteiger partial charge in [0.05, 0.1) is 11.9 Å². The van der Waals surface area contributed by atoms with Crippen molar-refractivity contribution in [3.63, 3.8) is 0 Å². The quantitative estimate of drug-likeness (QED) is 0.716. The lowest BCUT2D eigenvalue weighted by Gasteiger charge is -2.27. The maximum Gasteiger partial charge on any atom is 0.339 e. The van der Waals surface area contributed by atoms with Crippen molar-refractivity contribution >= 4 is 11.9 Å². The summed E-state index contributed by atoms with van der Waals surface area (Å²) in [6.07, 6.45) is 4.72. The summed E-state index contributed by atoms with van der Waals surface area (Å²) in [4.78, 5) is 22.2. The average Bonchev–Trinajstić information content (AvgIpc) is 2.78. The van der Waals surface area contributed by atoms with E-state index in [-0.39, 0.29) is 17.4 Å². The van der Waals surface area contributed by atoms with Crippen LogP contribution in [0.25, 0.3) is 0 Å². The highest BCUT2D eigenvalue weighted by molar-refractivity contribution is 5.88. The number of rotatable bonds is 5. The molecule has 1 saturated carbocycles. The Morgan fingerprint density at radius 3 is 2.65 bits per heavy atom. The van der Waals surface area contributed by atoms with E-state index in [0.29, 0.717) is 18.3 Å². The Bertz CT molecular complexity index is 504. The van der Waals surface area contributed by atoms with Crippen molar-refractivity contribution in [3.05, 3.63) is 17.5 Å². The molecular formula is C13H20N4O3. The SMILES string of the molecule is Cn1ncc(C(=O)O)c1CNC1CCC(C(N)=O)CC1. The number of nitrogens with one attached hydrogen (secondary N) is 1. The minimum Gasteiger partial charge on any atom is -0.478 e. The molecule has 0 saturated heterocycles. The Hall–Kier alpha value is -1.89. The molecule has 7 heteroatoms. The van der Waals surface area contributed by atoms with Gasteiger partial charge in [-0.15, -0.1) is 0 Å². The zero-order chi connectivity index (χ0) is 14.7. The number of carbonyl (C=O) groups excluding carboxylic acids is 1. The van der Waals surface area contributed by atoms with Crippen LogP contribution in [0.4, 0.5) is 0 Å². The van der Waals surface area contributed by atoms with Crippen molar-refractivity contribution in [3.8, 4) is 0 Å². The highest BCUT2D eigenvalue weighted by atomic mass is 16.4. The second-order valence-corrected chi connectivity index (χ2v) is 5.27. The zero-order valence-electron chi connectivity index (χ0n) is 11.5. The molecule has 1 aliphatic carbocycles. The molecule has 1 aromatic rings. The van der Waals surface area contributed by atoms with Crippen LogP contribution in [0.15, 0.2) is 6.20 Å². The molecule has 0 aromatic carbocycles. The zero-order valence-corrected chi connectivity index (χ0v) is 11.5. The van der Waals surface area contributed by atoms with E-state index in [1.807, 2.05) is 0 Å². The predicted octanol–water partition coefficient (Wildman–Crippen LogP) is 0.252. The Morgan fingerprint density at radius 2 is 2.10 bits per heavy atom. The van der Waals surface area contributed by atoms with E-state index in [1.54, 1.807) is 11.7 Å². The van der Waals surface area contributed by atoms with Crippen LogP contribution in [-0.2, 0) is 18.4 Å². The van der Waals surface area contributed by atoms with Crippen molar-refractivity contribution in [1.82, 2.24) is 15.1 Å². The van der Waals surface area contributed by atoms with Crippen molar-refractivity contribution in [2.24, 2.45) is 18.7 Å². The molecule has 20 heavy (non-hydrogen) atoms. The van der Waals surface area contributed by atoms with Crippen molar-refractivity contribution < 1.29 is 14.7 Å². The van der Waals surface area contributed by atoms with Gasteiger partial charge in [-0.05, 0) is 25.7 Å². The molecule has 2 rings (SSSR count). The molecule has 0 bridgehead atoms. The predicted molar refractivity (Wildman–Crippen MR) is 71.9 cm³/mol. The molecule has 0 atom stereocenters. The minimum atomic E-state index is -0.965. The number of carbonyl (C=O) groups is 2. The summed E-state index contributed by atoms with van der Waals surface area (Å²) < 4.78 is 1.57. The maximum atomic E-state index is 11.1. The first-order valence-corrected chi connectivity index (χ1v) is 6.76. The van der Waals surface area contributed by atoms with E-state index in [9.17, 15) is 9.59 Å². The summed E-state index contributed by atoms with van der Waals surface area (Å²) in [5.74, 6) is -1.20. The number of carboxylic acids is 1. The molecule has 110 valence electrons. The lowest BCUT2D eigenvalue weighted by atomic mass is 9.85. The minimum absolute atomic E-state index is 0.0145. The van der Waals surface area contributed by atoms with E-state index in [1.165, 1.54) is 6.20 Å². The van der Waals surface area contributed by atoms with Gasteiger partial charge in [0.2, 0.25) is 5.91 Å². The average molecular weight is 280 g/mol. The molecule has 1 heterocycles. The molecule has 1 aromatic heterocycles. The van der Waals surface area contributed by atoms with E-state index in [4.69, 9.17) is 10.8 Å². The summed E-state index contributed by atoms with van der Waals surface area (Å²) >= 11 is 0. The van der Waals surface area contributed by atoms with Crippen LogP contribution in [0.2, 0.25) is 0 Å². The third-order valence-corrected chi connectivity index (χ3v) is 3.98. The van der Waals surface area contributed by atoms with Gasteiger partial charge < -0.3 is 16.2 Å². The monoisotopic (exact) mass is 280 g/mol. The fourth-order valence-corrected chi connectivity index (χ4v) is 2.67. The second-order valence-electron chi connectivity index (χ2n) is 5.27. The molecule has 1 aliphatic rings. The van der Waals surface area contributed by atoms with Gasteiger partial charge in [0.15, 0.2) is 0 Å². The fraction of sp³-hybridized carbons (Fsp3) is 0.615. The van der Waals surface area contributed by atoms with Crippen LogP contribution < -0.4 is 11.1 Å². The molecule has 0 radical (unpaired) electrons. The molecule has 7 nitrogen and oxygen atoms in total. The number of hydrogen-bond donors (Lipinski definition) is 3. The summed E-state index contributed by atoms with van der Waals surface area (Å²) in [5.41, 5.74) is 6.19. The van der Waals surface area contributed by atoms with Gasteiger partial charge in [-0.25, -0.2) is 4.79 Å². The number of carboxylic acid groups (broad SMARTS) is 1. The first kappa shape index (κ1) is 14.5. The van der Waals surface area contributed by atoms with Crippen LogP contribution >= 0.6 is 0 Å². The Balaban J connectivity index is 1.89. The number of hydrogen-bond acceptors (Lipinski definition) is 4. The third kappa shape index (κ3) is 3.16. The first-order valence-electron chi connectivity index (χ1n) is 6.76. The molecule has 0 unspecified atom stereocenters. The van der Waals surface area contributed by atoms with E-state index >= 15 is 0 Å². The summed E-state index contributed by atoms with van der Waals surface area (Å²) in [5, 5.41) is 16.4. The number of nitrogens with zero attached hydrogens (tertiary/aromatic N) is 2. The Labute approximate surface area is 117 Å². The largest absolute Gasteiger partial charge is 0.478 e. The van der Waals surface area contributed by atoms with Gasteiger partial charge in [0, 0.05) is 25.6 Å². The molecule has 4 N–H and O–H groups in total. The van der Waals surface area contributed by atoms with E-state index in [2.05, 4.69) is 10.4 Å². The third-order valence-electron chi connectivity index (χ3n) is 3.98. The van der Waals surface area contributed by atoms with Crippen molar-refractivity contribution in [2.75, 3.05) is 0 Å². The normalized spacial score (nSPS) is 22.6. The van der Waals surface area contributed by atoms with Gasteiger partial charge >= 0.3 is 5.97 Å². The highest BCUT2D eigenvalue weighted by Crippen LogP contribution is 2.24. The maximum absolute atomic E-state index is 11.1. The topological polar surface area (TPSA) is 110 Å². The summed E-state index contributed by atoms with van der Waals surface area (Å²) in [6.45, 7) is 0.462. The number of nitrogens with two attached hydrogens (primary N) is 1. The number of aryl methyl sites for hydroxylation is 1. The number of aromatic carboxylic acids is 1. The van der Waals surface area contributed by atoms with Crippen molar-refractivity contribution in [2.45, 2.75) is 38.3 Å². The highest BCUT2D eigenvalue weighted by Gasteiger charge is 2.25. The van der Waals surface area contributed by atoms with Gasteiger partial charge in [-0.2, -0.15) is 5.10 Å².